The van der Waals surface area contributed by atoms with Gasteiger partial charge in [-0.25, -0.2) is 14.8 Å². The average Bonchev–Trinajstić information content (AvgIpc) is 3.55. The van der Waals surface area contributed by atoms with Crippen molar-refractivity contribution in [2.24, 2.45) is 14.1 Å². The predicted molar refractivity (Wildman–Crippen MR) is 122 cm³/mol. The highest BCUT2D eigenvalue weighted by atomic mass is 19.4. The average molecular weight is 519 g/mol. The van der Waals surface area contributed by atoms with Gasteiger partial charge in [0.25, 0.3) is 5.56 Å². The third-order valence-corrected chi connectivity index (χ3v) is 6.15. The highest BCUT2D eigenvalue weighted by Crippen LogP contribution is 2.29. The first kappa shape index (κ1) is 24.2. The molecule has 0 saturated carbocycles. The lowest BCUT2D eigenvalue weighted by atomic mass is 10.2. The molecule has 4 aromatic rings. The summed E-state index contributed by atoms with van der Waals surface area (Å²) in [5.74, 6) is -1.28. The normalized spacial score (nSPS) is 14.5. The van der Waals surface area contributed by atoms with Crippen LogP contribution in [-0.2, 0) is 31.6 Å². The van der Waals surface area contributed by atoms with E-state index in [1.807, 2.05) is 4.90 Å². The number of aromatic nitrogens is 7. The molecule has 0 bridgehead atoms. The number of carbonyl (C=O) groups is 1. The molecule has 194 valence electrons. The zero-order chi connectivity index (χ0) is 26.5. The first-order chi connectivity index (χ1) is 17.5. The Morgan fingerprint density at radius 2 is 1.78 bits per heavy atom. The first-order valence-electron chi connectivity index (χ1n) is 11.1. The highest BCUT2D eigenvalue weighted by Gasteiger charge is 2.38. The molecule has 0 N–H and O–H groups in total. The molecule has 5 heterocycles. The van der Waals surface area contributed by atoms with Gasteiger partial charge in [0.05, 0.1) is 6.33 Å². The Labute approximate surface area is 205 Å². The molecule has 0 aliphatic carbocycles. The maximum absolute atomic E-state index is 12.9. The summed E-state index contributed by atoms with van der Waals surface area (Å²) in [6.45, 7) is 1.62. The van der Waals surface area contributed by atoms with Crippen LogP contribution in [0.25, 0.3) is 22.6 Å². The van der Waals surface area contributed by atoms with Crippen LogP contribution < -0.4 is 16.1 Å². The fourth-order valence-electron chi connectivity index (χ4n) is 4.11. The summed E-state index contributed by atoms with van der Waals surface area (Å²) in [4.78, 5) is 53.0. The number of pyridine rings is 1. The van der Waals surface area contributed by atoms with Crippen molar-refractivity contribution in [2.45, 2.75) is 12.7 Å². The third kappa shape index (κ3) is 4.34. The van der Waals surface area contributed by atoms with Crippen LogP contribution in [0.5, 0.6) is 0 Å². The van der Waals surface area contributed by atoms with Crippen LogP contribution >= 0.6 is 0 Å². The lowest BCUT2D eigenvalue weighted by Gasteiger charge is -2.35. The molecule has 1 fully saturated rings. The van der Waals surface area contributed by atoms with E-state index in [-0.39, 0.29) is 35.0 Å². The van der Waals surface area contributed by atoms with E-state index >= 15 is 0 Å². The van der Waals surface area contributed by atoms with Gasteiger partial charge >= 0.3 is 17.8 Å². The number of amides is 1. The fraction of sp³-hybridized carbons (Fsp3) is 0.381. The summed E-state index contributed by atoms with van der Waals surface area (Å²) >= 11 is 0. The molecule has 0 aromatic carbocycles. The number of halogens is 3. The van der Waals surface area contributed by atoms with Crippen LogP contribution in [-0.4, -0.2) is 70.8 Å². The van der Waals surface area contributed by atoms with E-state index < -0.39 is 23.3 Å². The minimum absolute atomic E-state index is 0.110. The summed E-state index contributed by atoms with van der Waals surface area (Å²) in [7, 11) is 2.87. The molecule has 1 aliphatic rings. The largest absolute Gasteiger partial charge is 0.471 e. The molecule has 1 aliphatic heterocycles. The van der Waals surface area contributed by atoms with Crippen molar-refractivity contribution in [3.05, 3.63) is 51.4 Å². The Hall–Kier alpha value is -4.50. The van der Waals surface area contributed by atoms with Gasteiger partial charge in [-0.1, -0.05) is 5.16 Å². The molecule has 4 aromatic heterocycles. The number of fused-ring (bicyclic) bond motifs is 1. The summed E-state index contributed by atoms with van der Waals surface area (Å²) in [5.41, 5.74) is -0.387. The molecule has 0 spiro atoms. The van der Waals surface area contributed by atoms with E-state index in [2.05, 4.69) is 24.6 Å². The van der Waals surface area contributed by atoms with Crippen LogP contribution in [0.15, 0.2) is 38.8 Å². The van der Waals surface area contributed by atoms with Gasteiger partial charge in [-0.05, 0) is 12.1 Å². The topological polar surface area (TPSA) is 137 Å². The number of imidazole rings is 1. The van der Waals surface area contributed by atoms with E-state index in [4.69, 9.17) is 0 Å². The zero-order valence-corrected chi connectivity index (χ0v) is 19.6. The van der Waals surface area contributed by atoms with E-state index in [0.29, 0.717) is 32.0 Å². The number of carbonyl (C=O) groups excluding carboxylic acids is 1. The lowest BCUT2D eigenvalue weighted by Crippen LogP contribution is -2.50. The minimum Gasteiger partial charge on any atom is -0.353 e. The second-order valence-electron chi connectivity index (χ2n) is 8.44. The number of rotatable bonds is 4. The molecule has 1 saturated heterocycles. The minimum atomic E-state index is -4.73. The Balaban J connectivity index is 1.23. The van der Waals surface area contributed by atoms with Gasteiger partial charge in [0, 0.05) is 52.0 Å². The second kappa shape index (κ2) is 8.86. The van der Waals surface area contributed by atoms with Crippen molar-refractivity contribution in [3.63, 3.8) is 0 Å². The standard InChI is InChI=1S/C21H20F3N9O4/c1-29-17-15(18(35)30(2)20(29)36)33(11-26-17)10-14(34)32-7-5-31(6-8-32)13-4-3-12(9-25-13)16-27-19(37-28-16)21(22,23)24/h3-4,9,11H,5-8,10H2,1-2H3. The quantitative estimate of drug-likeness (QED) is 0.371. The highest BCUT2D eigenvalue weighted by molar-refractivity contribution is 5.79. The van der Waals surface area contributed by atoms with Gasteiger partial charge in [0.15, 0.2) is 11.2 Å². The number of hydrogen-bond donors (Lipinski definition) is 0. The number of nitrogens with zero attached hydrogens (tertiary/aromatic N) is 9. The zero-order valence-electron chi connectivity index (χ0n) is 19.6. The molecule has 37 heavy (non-hydrogen) atoms. The summed E-state index contributed by atoms with van der Waals surface area (Å²) < 4.78 is 45.9. The number of aryl methyl sites for hydroxylation is 1. The van der Waals surface area contributed by atoms with Gasteiger partial charge in [-0.2, -0.15) is 18.2 Å². The van der Waals surface area contributed by atoms with Crippen LogP contribution in [0.1, 0.15) is 5.89 Å². The lowest BCUT2D eigenvalue weighted by molar-refractivity contribution is -0.159. The Bertz CT molecular complexity index is 1590. The summed E-state index contributed by atoms with van der Waals surface area (Å²) in [6, 6.07) is 3.18. The molecule has 1 amide bonds. The SMILES string of the molecule is Cn1c(=O)c2c(ncn2CC(=O)N2CCN(c3ccc(-c4noc(C(F)(F)F)n4)cn3)CC2)n(C)c1=O. The third-order valence-electron chi connectivity index (χ3n) is 6.15. The van der Waals surface area contributed by atoms with Crippen molar-refractivity contribution < 1.29 is 22.5 Å². The maximum Gasteiger partial charge on any atom is 0.471 e. The van der Waals surface area contributed by atoms with Gasteiger partial charge in [0.1, 0.15) is 12.4 Å². The summed E-state index contributed by atoms with van der Waals surface area (Å²) in [5, 5.41) is 3.35. The van der Waals surface area contributed by atoms with Crippen molar-refractivity contribution >= 4 is 22.9 Å². The number of alkyl halides is 3. The van der Waals surface area contributed by atoms with Crippen LogP contribution in [0.3, 0.4) is 0 Å². The van der Waals surface area contributed by atoms with Gasteiger partial charge in [-0.15, -0.1) is 0 Å². The van der Waals surface area contributed by atoms with E-state index in [1.54, 1.807) is 17.0 Å². The molecular formula is C21H20F3N9O4. The predicted octanol–water partition coefficient (Wildman–Crippen LogP) is 0.246. The maximum atomic E-state index is 12.9. The molecule has 16 heteroatoms. The molecule has 0 atom stereocenters. The van der Waals surface area contributed by atoms with Gasteiger partial charge in [0.2, 0.25) is 11.7 Å². The molecule has 13 nitrogen and oxygen atoms in total. The molecule has 0 radical (unpaired) electrons. The van der Waals surface area contributed by atoms with Crippen molar-refractivity contribution in [1.82, 2.24) is 38.7 Å². The number of piperazine rings is 1. The van der Waals surface area contributed by atoms with E-state index in [0.717, 1.165) is 4.57 Å². The van der Waals surface area contributed by atoms with Gasteiger partial charge < -0.3 is 18.9 Å². The van der Waals surface area contributed by atoms with Gasteiger partial charge in [-0.3, -0.25) is 18.7 Å². The van der Waals surface area contributed by atoms with Crippen molar-refractivity contribution in [2.75, 3.05) is 31.1 Å². The van der Waals surface area contributed by atoms with E-state index in [9.17, 15) is 27.6 Å². The Morgan fingerprint density at radius 3 is 2.41 bits per heavy atom. The number of anilines is 1. The smallest absolute Gasteiger partial charge is 0.353 e. The van der Waals surface area contributed by atoms with Crippen LogP contribution in [0.2, 0.25) is 0 Å². The molecular weight excluding hydrogens is 499 g/mol. The molecule has 0 unspecified atom stereocenters. The Morgan fingerprint density at radius 1 is 1.05 bits per heavy atom. The van der Waals surface area contributed by atoms with Crippen molar-refractivity contribution in [1.29, 1.82) is 0 Å². The monoisotopic (exact) mass is 519 g/mol. The molecule has 5 rings (SSSR count). The second-order valence-corrected chi connectivity index (χ2v) is 8.44. The van der Waals surface area contributed by atoms with Crippen molar-refractivity contribution in [3.8, 4) is 11.4 Å². The van der Waals surface area contributed by atoms with Crippen LogP contribution in [0, 0.1) is 0 Å². The van der Waals surface area contributed by atoms with Crippen LogP contribution in [0.4, 0.5) is 19.0 Å². The fourth-order valence-corrected chi connectivity index (χ4v) is 4.11. The summed E-state index contributed by atoms with van der Waals surface area (Å²) in [6.07, 6.45) is -2.00. The van der Waals surface area contributed by atoms with E-state index in [1.165, 1.54) is 35.8 Å². The first-order valence-corrected chi connectivity index (χ1v) is 11.1. The number of hydrogen-bond acceptors (Lipinski definition) is 9. The Kier molecular flexibility index (Phi) is 5.80.